The second-order valence-corrected chi connectivity index (χ2v) is 4.64. The molecule has 2 rings (SSSR count). The molecule has 1 aromatic rings. The molecule has 1 fully saturated rings. The minimum absolute atomic E-state index is 0.182. The molecular formula is C12H14N2O2S. The summed E-state index contributed by atoms with van der Waals surface area (Å²) in [5, 5.41) is -0.182. The Morgan fingerprint density at radius 1 is 1.29 bits per heavy atom. The molecule has 2 heterocycles. The molecule has 0 saturated carbocycles. The van der Waals surface area contributed by atoms with Crippen LogP contribution in [0.3, 0.4) is 0 Å². The van der Waals surface area contributed by atoms with Crippen molar-refractivity contribution in [2.45, 2.75) is 20.4 Å². The summed E-state index contributed by atoms with van der Waals surface area (Å²) in [6.07, 6.45) is 3.74. The van der Waals surface area contributed by atoms with Crippen LogP contribution in [0.5, 0.6) is 0 Å². The lowest BCUT2D eigenvalue weighted by Crippen LogP contribution is -2.27. The van der Waals surface area contributed by atoms with Gasteiger partial charge in [-0.05, 0) is 43.8 Å². The van der Waals surface area contributed by atoms with Crippen molar-refractivity contribution in [1.82, 2.24) is 9.47 Å². The van der Waals surface area contributed by atoms with Gasteiger partial charge in [0.1, 0.15) is 0 Å². The molecule has 0 aromatic carbocycles. The first-order valence-electron chi connectivity index (χ1n) is 5.57. The summed E-state index contributed by atoms with van der Waals surface area (Å²) in [5.74, 6) is -0.189. The SMILES string of the molecule is CCN1C(=O)S/C(=C/c2cccn2CC)C1=O. The molecule has 0 unspecified atom stereocenters. The number of rotatable bonds is 3. The third kappa shape index (κ3) is 2.15. The molecule has 0 radical (unpaired) electrons. The van der Waals surface area contributed by atoms with Crippen LogP contribution in [0.1, 0.15) is 19.5 Å². The van der Waals surface area contributed by atoms with E-state index in [4.69, 9.17) is 0 Å². The number of likely N-dealkylation sites (N-methyl/N-ethyl adjacent to an activating group) is 1. The number of aromatic nitrogens is 1. The van der Waals surface area contributed by atoms with Gasteiger partial charge in [0, 0.05) is 25.0 Å². The molecule has 4 nitrogen and oxygen atoms in total. The quantitative estimate of drug-likeness (QED) is 0.774. The minimum Gasteiger partial charge on any atom is -0.348 e. The van der Waals surface area contributed by atoms with Gasteiger partial charge < -0.3 is 4.57 Å². The molecule has 0 aliphatic carbocycles. The van der Waals surface area contributed by atoms with E-state index in [0.29, 0.717) is 11.4 Å². The summed E-state index contributed by atoms with van der Waals surface area (Å²) in [6, 6.07) is 3.86. The Hall–Kier alpha value is -1.49. The Bertz CT molecular complexity index is 490. The number of amides is 2. The second-order valence-electron chi connectivity index (χ2n) is 3.65. The summed E-state index contributed by atoms with van der Waals surface area (Å²) < 4.78 is 2.03. The van der Waals surface area contributed by atoms with E-state index in [2.05, 4.69) is 0 Å². The largest absolute Gasteiger partial charge is 0.348 e. The maximum Gasteiger partial charge on any atom is 0.293 e. The first-order chi connectivity index (χ1) is 8.17. The molecule has 90 valence electrons. The first kappa shape index (κ1) is 12.0. The van der Waals surface area contributed by atoms with Crippen molar-refractivity contribution >= 4 is 29.0 Å². The van der Waals surface area contributed by atoms with Crippen LogP contribution in [-0.2, 0) is 11.3 Å². The average molecular weight is 250 g/mol. The number of thioether (sulfide) groups is 1. The van der Waals surface area contributed by atoms with Crippen LogP contribution in [0.25, 0.3) is 6.08 Å². The Kier molecular flexibility index (Phi) is 3.38. The molecule has 5 heteroatoms. The number of carbonyl (C=O) groups excluding carboxylic acids is 2. The Labute approximate surface area is 104 Å². The van der Waals surface area contributed by atoms with E-state index >= 15 is 0 Å². The van der Waals surface area contributed by atoms with Crippen molar-refractivity contribution in [3.8, 4) is 0 Å². The van der Waals surface area contributed by atoms with Gasteiger partial charge in [-0.15, -0.1) is 0 Å². The fourth-order valence-electron chi connectivity index (χ4n) is 1.75. The molecule has 0 N–H and O–H groups in total. The highest BCUT2D eigenvalue weighted by molar-refractivity contribution is 8.18. The lowest BCUT2D eigenvalue weighted by molar-refractivity contribution is -0.122. The molecule has 17 heavy (non-hydrogen) atoms. The predicted molar refractivity (Wildman–Crippen MR) is 68.5 cm³/mol. The fourth-order valence-corrected chi connectivity index (χ4v) is 2.64. The van der Waals surface area contributed by atoms with Gasteiger partial charge in [0.15, 0.2) is 0 Å². The summed E-state index contributed by atoms with van der Waals surface area (Å²) in [4.78, 5) is 25.2. The zero-order chi connectivity index (χ0) is 12.4. The van der Waals surface area contributed by atoms with Crippen molar-refractivity contribution in [1.29, 1.82) is 0 Å². The van der Waals surface area contributed by atoms with E-state index in [9.17, 15) is 9.59 Å². The summed E-state index contributed by atoms with van der Waals surface area (Å²) in [6.45, 7) is 5.11. The van der Waals surface area contributed by atoms with Crippen LogP contribution < -0.4 is 0 Å². The number of imide groups is 1. The van der Waals surface area contributed by atoms with Crippen molar-refractivity contribution in [3.63, 3.8) is 0 Å². The molecular weight excluding hydrogens is 236 g/mol. The zero-order valence-corrected chi connectivity index (χ0v) is 10.7. The average Bonchev–Trinajstić information content (AvgIpc) is 2.85. The van der Waals surface area contributed by atoms with Gasteiger partial charge in [-0.3, -0.25) is 14.5 Å². The molecule has 0 spiro atoms. The highest BCUT2D eigenvalue weighted by atomic mass is 32.2. The molecule has 0 bridgehead atoms. The van der Waals surface area contributed by atoms with Crippen molar-refractivity contribution < 1.29 is 9.59 Å². The van der Waals surface area contributed by atoms with E-state index < -0.39 is 0 Å². The van der Waals surface area contributed by atoms with E-state index in [0.717, 1.165) is 24.0 Å². The lowest BCUT2D eigenvalue weighted by atomic mass is 10.3. The number of carbonyl (C=O) groups is 2. The Balaban J connectivity index is 2.30. The normalized spacial score (nSPS) is 18.5. The first-order valence-corrected chi connectivity index (χ1v) is 6.39. The van der Waals surface area contributed by atoms with Gasteiger partial charge in [0.25, 0.3) is 11.1 Å². The standard InChI is InChI=1S/C12H14N2O2S/c1-3-13-7-5-6-9(13)8-10-11(15)14(4-2)12(16)17-10/h5-8H,3-4H2,1-2H3/b10-8+. The predicted octanol–water partition coefficient (Wildman–Crippen LogP) is 2.56. The van der Waals surface area contributed by atoms with Gasteiger partial charge in [0.05, 0.1) is 4.91 Å². The molecule has 1 aliphatic heterocycles. The summed E-state index contributed by atoms with van der Waals surface area (Å²) in [7, 11) is 0. The fraction of sp³-hybridized carbons (Fsp3) is 0.333. The molecule has 0 atom stereocenters. The third-order valence-corrected chi connectivity index (χ3v) is 3.58. The van der Waals surface area contributed by atoms with E-state index in [1.165, 1.54) is 4.90 Å². The number of hydrogen-bond donors (Lipinski definition) is 0. The number of aryl methyl sites for hydroxylation is 1. The molecule has 1 aromatic heterocycles. The van der Waals surface area contributed by atoms with Crippen molar-refractivity contribution in [2.24, 2.45) is 0 Å². The van der Waals surface area contributed by atoms with Crippen LogP contribution in [0, 0.1) is 0 Å². The molecule has 1 aliphatic rings. The van der Waals surface area contributed by atoms with Crippen molar-refractivity contribution in [2.75, 3.05) is 6.54 Å². The van der Waals surface area contributed by atoms with Crippen molar-refractivity contribution in [3.05, 3.63) is 28.9 Å². The lowest BCUT2D eigenvalue weighted by Gasteiger charge is -2.07. The topological polar surface area (TPSA) is 42.3 Å². The van der Waals surface area contributed by atoms with E-state index in [-0.39, 0.29) is 11.1 Å². The second kappa shape index (κ2) is 4.79. The third-order valence-electron chi connectivity index (χ3n) is 2.67. The smallest absolute Gasteiger partial charge is 0.293 e. The van der Waals surface area contributed by atoms with Crippen LogP contribution in [0.4, 0.5) is 4.79 Å². The van der Waals surface area contributed by atoms with Gasteiger partial charge in [-0.25, -0.2) is 0 Å². The van der Waals surface area contributed by atoms with Gasteiger partial charge in [-0.2, -0.15) is 0 Å². The molecule has 2 amide bonds. The minimum atomic E-state index is -0.189. The molecule has 1 saturated heterocycles. The van der Waals surface area contributed by atoms with Gasteiger partial charge in [0.2, 0.25) is 0 Å². The Morgan fingerprint density at radius 2 is 2.06 bits per heavy atom. The van der Waals surface area contributed by atoms with Crippen LogP contribution in [0.2, 0.25) is 0 Å². The summed E-state index contributed by atoms with van der Waals surface area (Å²) >= 11 is 1.01. The number of nitrogens with zero attached hydrogens (tertiary/aromatic N) is 2. The van der Waals surface area contributed by atoms with Crippen LogP contribution in [0.15, 0.2) is 23.2 Å². The number of hydrogen-bond acceptors (Lipinski definition) is 3. The van der Waals surface area contributed by atoms with Gasteiger partial charge in [-0.1, -0.05) is 0 Å². The zero-order valence-electron chi connectivity index (χ0n) is 9.84. The Morgan fingerprint density at radius 3 is 2.65 bits per heavy atom. The monoisotopic (exact) mass is 250 g/mol. The maximum atomic E-state index is 11.9. The highest BCUT2D eigenvalue weighted by Crippen LogP contribution is 2.31. The summed E-state index contributed by atoms with van der Waals surface area (Å²) in [5.41, 5.74) is 0.953. The van der Waals surface area contributed by atoms with Gasteiger partial charge >= 0.3 is 0 Å². The maximum absolute atomic E-state index is 11.9. The van der Waals surface area contributed by atoms with Crippen LogP contribution >= 0.6 is 11.8 Å². The van der Waals surface area contributed by atoms with E-state index in [1.54, 1.807) is 13.0 Å². The van der Waals surface area contributed by atoms with Crippen LogP contribution in [-0.4, -0.2) is 27.2 Å². The highest BCUT2D eigenvalue weighted by Gasteiger charge is 2.33. The van der Waals surface area contributed by atoms with E-state index in [1.807, 2.05) is 29.8 Å².